The first-order valence-corrected chi connectivity index (χ1v) is 11.1. The van der Waals surface area contributed by atoms with Crippen molar-refractivity contribution in [2.24, 2.45) is 0 Å². The van der Waals surface area contributed by atoms with Crippen LogP contribution in [0.25, 0.3) is 0 Å². The molecule has 2 fully saturated rings. The smallest absolute Gasteiger partial charge is 0.411 e. The average Bonchev–Trinajstić information content (AvgIpc) is 2.65. The summed E-state index contributed by atoms with van der Waals surface area (Å²) in [5.74, 6) is -0.953. The molecule has 2 rings (SSSR count). The van der Waals surface area contributed by atoms with E-state index < -0.39 is 29.3 Å². The topological polar surface area (TPSA) is 117 Å². The molecule has 0 saturated carbocycles. The molecule has 2 heterocycles. The minimum Gasteiger partial charge on any atom is -0.480 e. The number of aliphatic hydroxyl groups excluding tert-OH is 1. The van der Waals surface area contributed by atoms with Crippen LogP contribution in [0.15, 0.2) is 0 Å². The van der Waals surface area contributed by atoms with Gasteiger partial charge < -0.3 is 24.6 Å². The molecule has 0 aromatic rings. The number of nitrogens with zero attached hydrogens (tertiary/aromatic N) is 2. The number of aliphatic hydroxyl groups is 1. The Balaban J connectivity index is 0.000000311. The van der Waals surface area contributed by atoms with Gasteiger partial charge in [-0.15, -0.1) is 0 Å². The minimum atomic E-state index is -0.953. The molecule has 0 aromatic heterocycles. The van der Waals surface area contributed by atoms with E-state index in [0.29, 0.717) is 19.5 Å². The van der Waals surface area contributed by atoms with Gasteiger partial charge in [-0.05, 0) is 80.1 Å². The molecule has 2 aliphatic rings. The van der Waals surface area contributed by atoms with E-state index in [4.69, 9.17) is 19.7 Å². The molecule has 2 aliphatic heterocycles. The number of amides is 2. The third-order valence-corrected chi connectivity index (χ3v) is 4.88. The van der Waals surface area contributed by atoms with Crippen LogP contribution >= 0.6 is 0 Å². The highest BCUT2D eigenvalue weighted by Gasteiger charge is 2.34. The molecule has 0 radical (unpaired) electrons. The molecule has 9 heteroatoms. The second-order valence-electron chi connectivity index (χ2n) is 10.0. The van der Waals surface area contributed by atoms with Gasteiger partial charge in [0.2, 0.25) is 0 Å². The highest BCUT2D eigenvalue weighted by atomic mass is 16.6. The second-order valence-corrected chi connectivity index (χ2v) is 10.0. The average molecular weight is 445 g/mol. The largest absolute Gasteiger partial charge is 0.480 e. The molecule has 31 heavy (non-hydrogen) atoms. The summed E-state index contributed by atoms with van der Waals surface area (Å²) in [5, 5.41) is 18.2. The number of carbonyl (C=O) groups excluding carboxylic acids is 2. The van der Waals surface area contributed by atoms with Gasteiger partial charge in [0.1, 0.15) is 17.2 Å². The monoisotopic (exact) mass is 444 g/mol. The molecule has 2 unspecified atom stereocenters. The number of aliphatic carboxylic acids is 1. The van der Waals surface area contributed by atoms with Crippen molar-refractivity contribution in [3.8, 4) is 0 Å². The van der Waals surface area contributed by atoms with Gasteiger partial charge >= 0.3 is 18.2 Å². The van der Waals surface area contributed by atoms with Crippen molar-refractivity contribution >= 4 is 18.2 Å². The Morgan fingerprint density at radius 3 is 1.71 bits per heavy atom. The number of likely N-dealkylation sites (tertiary alicyclic amines) is 2. The van der Waals surface area contributed by atoms with Gasteiger partial charge in [0.25, 0.3) is 0 Å². The van der Waals surface area contributed by atoms with Crippen LogP contribution in [-0.2, 0) is 14.3 Å². The first-order valence-electron chi connectivity index (χ1n) is 11.1. The molecule has 2 atom stereocenters. The van der Waals surface area contributed by atoms with E-state index in [1.807, 2.05) is 20.8 Å². The van der Waals surface area contributed by atoms with E-state index in [-0.39, 0.29) is 18.7 Å². The van der Waals surface area contributed by atoms with Gasteiger partial charge in [-0.1, -0.05) is 0 Å². The molecule has 0 aromatic carbocycles. The number of carbonyl (C=O) groups is 3. The molecule has 0 aliphatic carbocycles. The molecule has 2 saturated heterocycles. The van der Waals surface area contributed by atoms with Crippen molar-refractivity contribution in [3.05, 3.63) is 0 Å². The Bertz CT molecular complexity index is 610. The van der Waals surface area contributed by atoms with Crippen LogP contribution < -0.4 is 0 Å². The van der Waals surface area contributed by atoms with Crippen LogP contribution in [0, 0.1) is 0 Å². The third-order valence-electron chi connectivity index (χ3n) is 4.88. The van der Waals surface area contributed by atoms with Crippen LogP contribution in [-0.4, -0.2) is 81.2 Å². The Morgan fingerprint density at radius 1 is 0.806 bits per heavy atom. The van der Waals surface area contributed by atoms with Crippen molar-refractivity contribution in [2.75, 3.05) is 19.7 Å². The van der Waals surface area contributed by atoms with E-state index in [1.165, 1.54) is 4.90 Å². The van der Waals surface area contributed by atoms with Gasteiger partial charge in [-0.25, -0.2) is 14.4 Å². The maximum Gasteiger partial charge on any atom is 0.411 e. The first kappa shape index (κ1) is 27.0. The molecular formula is C22H40N2O7. The number of ether oxygens (including phenoxy) is 2. The lowest BCUT2D eigenvalue weighted by Crippen LogP contribution is -2.49. The van der Waals surface area contributed by atoms with E-state index in [2.05, 4.69) is 0 Å². The Morgan fingerprint density at radius 2 is 1.26 bits per heavy atom. The lowest BCUT2D eigenvalue weighted by atomic mass is 10.0. The van der Waals surface area contributed by atoms with Crippen LogP contribution in [0.1, 0.15) is 80.1 Å². The zero-order chi connectivity index (χ0) is 23.8. The van der Waals surface area contributed by atoms with Gasteiger partial charge in [-0.3, -0.25) is 4.90 Å². The Hall–Kier alpha value is -2.03. The van der Waals surface area contributed by atoms with E-state index in [0.717, 1.165) is 32.1 Å². The Kier molecular flexibility index (Phi) is 10.1. The van der Waals surface area contributed by atoms with Crippen LogP contribution in [0.3, 0.4) is 0 Å². The van der Waals surface area contributed by atoms with Crippen molar-refractivity contribution in [1.82, 2.24) is 9.80 Å². The van der Waals surface area contributed by atoms with Crippen LogP contribution in [0.2, 0.25) is 0 Å². The first-order chi connectivity index (χ1) is 14.2. The zero-order valence-corrected chi connectivity index (χ0v) is 19.8. The van der Waals surface area contributed by atoms with Crippen LogP contribution in [0.5, 0.6) is 0 Å². The summed E-state index contributed by atoms with van der Waals surface area (Å²) in [4.78, 5) is 37.5. The zero-order valence-electron chi connectivity index (χ0n) is 19.8. The minimum absolute atomic E-state index is 0.0270. The highest BCUT2D eigenvalue weighted by Crippen LogP contribution is 2.21. The van der Waals surface area contributed by atoms with Gasteiger partial charge in [-0.2, -0.15) is 0 Å². The summed E-state index contributed by atoms with van der Waals surface area (Å²) in [5.41, 5.74) is -1.05. The third kappa shape index (κ3) is 9.76. The maximum atomic E-state index is 11.8. The summed E-state index contributed by atoms with van der Waals surface area (Å²) in [6.45, 7) is 12.0. The summed E-state index contributed by atoms with van der Waals surface area (Å²) >= 11 is 0. The lowest BCUT2D eigenvalue weighted by Gasteiger charge is -2.35. The lowest BCUT2D eigenvalue weighted by molar-refractivity contribution is -0.144. The second kappa shape index (κ2) is 11.5. The molecule has 2 N–H and O–H groups in total. The van der Waals surface area contributed by atoms with E-state index in [9.17, 15) is 14.4 Å². The number of hydrogen-bond donors (Lipinski definition) is 2. The quantitative estimate of drug-likeness (QED) is 0.668. The number of hydrogen-bond acceptors (Lipinski definition) is 6. The van der Waals surface area contributed by atoms with Crippen molar-refractivity contribution in [1.29, 1.82) is 0 Å². The van der Waals surface area contributed by atoms with E-state index in [1.54, 1.807) is 25.7 Å². The van der Waals surface area contributed by atoms with Crippen molar-refractivity contribution in [3.63, 3.8) is 0 Å². The summed E-state index contributed by atoms with van der Waals surface area (Å²) in [6, 6.07) is -0.794. The highest BCUT2D eigenvalue weighted by molar-refractivity contribution is 5.80. The fourth-order valence-corrected chi connectivity index (χ4v) is 3.48. The molecular weight excluding hydrogens is 404 g/mol. The van der Waals surface area contributed by atoms with Crippen molar-refractivity contribution < 1.29 is 34.1 Å². The normalized spacial score (nSPS) is 22.2. The number of piperidine rings is 2. The summed E-state index contributed by atoms with van der Waals surface area (Å²) in [7, 11) is 0. The van der Waals surface area contributed by atoms with Crippen LogP contribution in [0.4, 0.5) is 9.59 Å². The summed E-state index contributed by atoms with van der Waals surface area (Å²) in [6.07, 6.45) is 4.30. The molecule has 180 valence electrons. The van der Waals surface area contributed by atoms with Gasteiger partial charge in [0.15, 0.2) is 0 Å². The predicted octanol–water partition coefficient (Wildman–Crippen LogP) is 3.63. The standard InChI is InChI=1S/C11H19NO4.C11H21NO3/c1-11(2,3)16-10(15)12-7-5-4-6-8(12)9(13)14;1-11(2,3)15-10(14)12-7-5-4-6-9(12)8-13/h8H,4-7H2,1-3H3,(H,13,14);9,13H,4-8H2,1-3H3. The van der Waals surface area contributed by atoms with Gasteiger partial charge in [0, 0.05) is 13.1 Å². The maximum absolute atomic E-state index is 11.8. The molecule has 9 nitrogen and oxygen atoms in total. The fraction of sp³-hybridized carbons (Fsp3) is 0.864. The van der Waals surface area contributed by atoms with E-state index >= 15 is 0 Å². The number of carboxylic acid groups (broad SMARTS) is 1. The predicted molar refractivity (Wildman–Crippen MR) is 116 cm³/mol. The number of rotatable bonds is 2. The Labute approximate surface area is 185 Å². The number of carboxylic acids is 1. The molecule has 0 bridgehead atoms. The van der Waals surface area contributed by atoms with Gasteiger partial charge in [0.05, 0.1) is 12.6 Å². The summed E-state index contributed by atoms with van der Waals surface area (Å²) < 4.78 is 10.5. The SMILES string of the molecule is CC(C)(C)OC(=O)N1CCCCC1C(=O)O.CC(C)(C)OC(=O)N1CCCCC1CO. The molecule has 2 amide bonds. The van der Waals surface area contributed by atoms with Crippen molar-refractivity contribution in [2.45, 2.75) is 103 Å². The fourth-order valence-electron chi connectivity index (χ4n) is 3.48. The molecule has 0 spiro atoms.